The number of aromatic nitrogens is 1. The first-order valence-electron chi connectivity index (χ1n) is 7.62. The van der Waals surface area contributed by atoms with Crippen LogP contribution in [0.4, 0.5) is 10.6 Å². The van der Waals surface area contributed by atoms with Crippen LogP contribution in [0.1, 0.15) is 39.3 Å². The Morgan fingerprint density at radius 3 is 2.55 bits per heavy atom. The average Bonchev–Trinajstić information content (AvgIpc) is 2.40. The van der Waals surface area contributed by atoms with Gasteiger partial charge in [0.05, 0.1) is 5.69 Å². The van der Waals surface area contributed by atoms with Gasteiger partial charge in [-0.15, -0.1) is 0 Å². The minimum Gasteiger partial charge on any atom is -0.444 e. The van der Waals surface area contributed by atoms with Gasteiger partial charge in [-0.2, -0.15) is 0 Å². The highest BCUT2D eigenvalue weighted by Crippen LogP contribution is 2.20. The number of alkyl carbamates (subject to hydrolysis) is 1. The summed E-state index contributed by atoms with van der Waals surface area (Å²) in [6, 6.07) is 4.34. The van der Waals surface area contributed by atoms with Crippen molar-refractivity contribution in [2.75, 3.05) is 18.0 Å². The van der Waals surface area contributed by atoms with Gasteiger partial charge in [0.15, 0.2) is 0 Å². The minimum atomic E-state index is -0.451. The molecule has 1 amide bonds. The first-order chi connectivity index (χ1) is 10.2. The molecule has 2 heterocycles. The maximum Gasteiger partial charge on any atom is 0.407 e. The number of ether oxygens (including phenoxy) is 1. The summed E-state index contributed by atoms with van der Waals surface area (Å²) in [6.07, 6.45) is 1.49. The van der Waals surface area contributed by atoms with Gasteiger partial charge >= 0.3 is 6.09 Å². The lowest BCUT2D eigenvalue weighted by atomic mass is 10.1. The van der Waals surface area contributed by atoms with Crippen molar-refractivity contribution < 1.29 is 9.53 Å². The van der Waals surface area contributed by atoms with E-state index in [1.54, 1.807) is 0 Å². The van der Waals surface area contributed by atoms with E-state index in [2.05, 4.69) is 49.9 Å². The number of nitrogens with zero attached hydrogens (tertiary/aromatic N) is 2. The number of nitrogens with one attached hydrogen (secondary N) is 1. The van der Waals surface area contributed by atoms with Crippen LogP contribution >= 0.6 is 22.6 Å². The molecule has 5 nitrogen and oxygen atoms in total. The second-order valence-corrected chi connectivity index (χ2v) is 7.81. The predicted molar refractivity (Wildman–Crippen MR) is 96.3 cm³/mol. The van der Waals surface area contributed by atoms with Crippen molar-refractivity contribution in [3.8, 4) is 0 Å². The zero-order valence-electron chi connectivity index (χ0n) is 13.6. The molecule has 1 saturated heterocycles. The van der Waals surface area contributed by atoms with E-state index in [-0.39, 0.29) is 12.1 Å². The van der Waals surface area contributed by atoms with E-state index in [9.17, 15) is 4.79 Å². The van der Waals surface area contributed by atoms with Crippen LogP contribution in [0.5, 0.6) is 0 Å². The number of carbonyl (C=O) groups is 1. The molecule has 2 rings (SSSR count). The van der Waals surface area contributed by atoms with Crippen LogP contribution in [-0.4, -0.2) is 35.8 Å². The number of anilines is 1. The number of carbonyl (C=O) groups excluding carboxylic acids is 1. The first kappa shape index (κ1) is 17.3. The number of pyridine rings is 1. The topological polar surface area (TPSA) is 54.5 Å². The largest absolute Gasteiger partial charge is 0.444 e. The van der Waals surface area contributed by atoms with Crippen LogP contribution in [0.15, 0.2) is 12.1 Å². The smallest absolute Gasteiger partial charge is 0.407 e. The van der Waals surface area contributed by atoms with Gasteiger partial charge < -0.3 is 15.0 Å². The molecule has 1 aromatic rings. The molecule has 1 N–H and O–H groups in total. The first-order valence-corrected chi connectivity index (χ1v) is 8.70. The molecule has 0 spiro atoms. The van der Waals surface area contributed by atoms with E-state index >= 15 is 0 Å². The monoisotopic (exact) mass is 417 g/mol. The molecule has 6 heteroatoms. The van der Waals surface area contributed by atoms with Crippen molar-refractivity contribution in [1.82, 2.24) is 10.3 Å². The normalized spacial score (nSPS) is 16.5. The van der Waals surface area contributed by atoms with Gasteiger partial charge in [0, 0.05) is 22.7 Å². The number of hydrogen-bond donors (Lipinski definition) is 1. The Hall–Kier alpha value is -1.05. The molecule has 1 aliphatic rings. The van der Waals surface area contributed by atoms with Crippen molar-refractivity contribution in [2.45, 2.75) is 52.2 Å². The Morgan fingerprint density at radius 2 is 2.00 bits per heavy atom. The fourth-order valence-corrected chi connectivity index (χ4v) is 2.73. The predicted octanol–water partition coefficient (Wildman–Crippen LogP) is 3.49. The van der Waals surface area contributed by atoms with E-state index in [0.29, 0.717) is 0 Å². The molecule has 0 unspecified atom stereocenters. The van der Waals surface area contributed by atoms with Crippen LogP contribution < -0.4 is 10.2 Å². The lowest BCUT2D eigenvalue weighted by Gasteiger charge is -2.33. The number of amides is 1. The second-order valence-electron chi connectivity index (χ2n) is 6.64. The summed E-state index contributed by atoms with van der Waals surface area (Å²) in [6.45, 7) is 9.45. The highest BCUT2D eigenvalue weighted by atomic mass is 127. The molecule has 0 saturated carbocycles. The molecule has 0 aromatic carbocycles. The Kier molecular flexibility index (Phi) is 5.52. The summed E-state index contributed by atoms with van der Waals surface area (Å²) in [7, 11) is 0. The van der Waals surface area contributed by atoms with Gasteiger partial charge in [-0.25, -0.2) is 9.78 Å². The summed E-state index contributed by atoms with van der Waals surface area (Å²) < 4.78 is 6.49. The zero-order valence-corrected chi connectivity index (χ0v) is 15.8. The standard InChI is InChI=1S/C16H24IN3O2/c1-11-13(17)5-6-14(18-11)20-9-7-12(8-10-20)19-15(21)22-16(2,3)4/h5-6,12H,7-10H2,1-4H3,(H,19,21). The summed E-state index contributed by atoms with van der Waals surface area (Å²) in [4.78, 5) is 18.7. The van der Waals surface area contributed by atoms with Crippen molar-refractivity contribution in [2.24, 2.45) is 0 Å². The van der Waals surface area contributed by atoms with Crippen molar-refractivity contribution >= 4 is 34.5 Å². The third-order valence-corrected chi connectivity index (χ3v) is 4.69. The van der Waals surface area contributed by atoms with Crippen molar-refractivity contribution in [3.05, 3.63) is 21.4 Å². The average molecular weight is 417 g/mol. The molecule has 0 atom stereocenters. The maximum absolute atomic E-state index is 11.8. The molecule has 1 aliphatic heterocycles. The van der Waals surface area contributed by atoms with Gasteiger partial charge in [0.2, 0.25) is 0 Å². The Labute approximate surface area is 146 Å². The summed E-state index contributed by atoms with van der Waals surface area (Å²) >= 11 is 2.30. The van der Waals surface area contributed by atoms with E-state index in [4.69, 9.17) is 4.74 Å². The van der Waals surface area contributed by atoms with Crippen LogP contribution in [0.25, 0.3) is 0 Å². The molecule has 0 aliphatic carbocycles. The SMILES string of the molecule is Cc1nc(N2CCC(NC(=O)OC(C)(C)C)CC2)ccc1I. The van der Waals surface area contributed by atoms with E-state index < -0.39 is 5.60 Å². The minimum absolute atomic E-state index is 0.177. The van der Waals surface area contributed by atoms with E-state index in [1.165, 1.54) is 3.57 Å². The maximum atomic E-state index is 11.8. The highest BCUT2D eigenvalue weighted by Gasteiger charge is 2.24. The van der Waals surface area contributed by atoms with Crippen LogP contribution in [0.3, 0.4) is 0 Å². The number of rotatable bonds is 2. The van der Waals surface area contributed by atoms with Gasteiger partial charge in [-0.3, -0.25) is 0 Å². The molecular weight excluding hydrogens is 393 g/mol. The fraction of sp³-hybridized carbons (Fsp3) is 0.625. The zero-order chi connectivity index (χ0) is 16.3. The Bertz CT molecular complexity index is 535. The van der Waals surface area contributed by atoms with E-state index in [1.807, 2.05) is 27.7 Å². The number of piperidine rings is 1. The number of hydrogen-bond acceptors (Lipinski definition) is 4. The number of aryl methyl sites for hydroxylation is 1. The molecule has 22 heavy (non-hydrogen) atoms. The lowest BCUT2D eigenvalue weighted by Crippen LogP contribution is -2.46. The highest BCUT2D eigenvalue weighted by molar-refractivity contribution is 14.1. The van der Waals surface area contributed by atoms with Crippen LogP contribution in [0.2, 0.25) is 0 Å². The summed E-state index contributed by atoms with van der Waals surface area (Å²) in [5.74, 6) is 1.02. The third kappa shape index (κ3) is 5.00. The Morgan fingerprint density at radius 1 is 1.36 bits per heavy atom. The van der Waals surface area contributed by atoms with Crippen molar-refractivity contribution in [1.29, 1.82) is 0 Å². The van der Waals surface area contributed by atoms with Gasteiger partial charge in [-0.1, -0.05) is 0 Å². The number of halogens is 1. The Balaban J connectivity index is 1.85. The molecule has 0 bridgehead atoms. The molecular formula is C16H24IN3O2. The lowest BCUT2D eigenvalue weighted by molar-refractivity contribution is 0.0497. The van der Waals surface area contributed by atoms with Gasteiger partial charge in [0.1, 0.15) is 11.4 Å². The summed E-state index contributed by atoms with van der Waals surface area (Å²) in [5.41, 5.74) is 0.611. The van der Waals surface area contributed by atoms with E-state index in [0.717, 1.165) is 37.4 Å². The molecule has 1 aromatic heterocycles. The second kappa shape index (κ2) is 7.02. The molecule has 122 valence electrons. The van der Waals surface area contributed by atoms with Crippen LogP contribution in [0, 0.1) is 10.5 Å². The van der Waals surface area contributed by atoms with Crippen LogP contribution in [-0.2, 0) is 4.74 Å². The van der Waals surface area contributed by atoms with Gasteiger partial charge in [0.25, 0.3) is 0 Å². The molecule has 1 fully saturated rings. The third-order valence-electron chi connectivity index (χ3n) is 3.55. The quantitative estimate of drug-likeness (QED) is 0.749. The fourth-order valence-electron chi connectivity index (χ4n) is 2.43. The van der Waals surface area contributed by atoms with Crippen molar-refractivity contribution in [3.63, 3.8) is 0 Å². The molecule has 0 radical (unpaired) electrons. The van der Waals surface area contributed by atoms with Gasteiger partial charge in [-0.05, 0) is 75.3 Å². The summed E-state index contributed by atoms with van der Waals surface area (Å²) in [5, 5.41) is 2.96.